The molecule has 0 bridgehead atoms. The molecule has 0 aromatic heterocycles. The minimum atomic E-state index is 0.0336. The van der Waals surface area contributed by atoms with Gasteiger partial charge in [-0.25, -0.2) is 0 Å². The average Bonchev–Trinajstić information content (AvgIpc) is 3.01. The highest BCUT2D eigenvalue weighted by Crippen LogP contribution is 2.48. The summed E-state index contributed by atoms with van der Waals surface area (Å²) in [6.45, 7) is 0.587. The Balaban J connectivity index is 1.49. The number of amides is 2. The molecule has 3 aliphatic rings. The summed E-state index contributed by atoms with van der Waals surface area (Å²) in [5.41, 5.74) is 1.34. The molecule has 0 N–H and O–H groups in total. The predicted molar refractivity (Wildman–Crippen MR) is 68.1 cm³/mol. The van der Waals surface area contributed by atoms with E-state index in [-0.39, 0.29) is 23.7 Å². The van der Waals surface area contributed by atoms with Crippen molar-refractivity contribution in [1.29, 1.82) is 0 Å². The molecule has 2 amide bonds. The number of hydrogen-bond acceptors (Lipinski definition) is 3. The minimum Gasteiger partial charge on any atom is -0.281 e. The average molecular weight is 259 g/mol. The Morgan fingerprint density at radius 1 is 1.17 bits per heavy atom. The van der Waals surface area contributed by atoms with Gasteiger partial charge in [0.15, 0.2) is 0 Å². The number of thioether (sulfide) groups is 1. The number of carbonyl (C=O) groups is 2. The van der Waals surface area contributed by atoms with Crippen LogP contribution in [0, 0.1) is 11.8 Å². The van der Waals surface area contributed by atoms with Crippen LogP contribution in [-0.4, -0.2) is 28.5 Å². The van der Waals surface area contributed by atoms with E-state index in [1.165, 1.54) is 15.4 Å². The quantitative estimate of drug-likeness (QED) is 0.759. The molecule has 1 aliphatic carbocycles. The van der Waals surface area contributed by atoms with Gasteiger partial charge < -0.3 is 0 Å². The van der Waals surface area contributed by atoms with Crippen molar-refractivity contribution in [1.82, 2.24) is 4.90 Å². The van der Waals surface area contributed by atoms with Crippen molar-refractivity contribution < 1.29 is 9.59 Å². The van der Waals surface area contributed by atoms with E-state index >= 15 is 0 Å². The van der Waals surface area contributed by atoms with Crippen molar-refractivity contribution in [2.75, 3.05) is 6.54 Å². The van der Waals surface area contributed by atoms with Crippen LogP contribution >= 0.6 is 11.8 Å². The van der Waals surface area contributed by atoms with Crippen molar-refractivity contribution in [2.24, 2.45) is 11.8 Å². The summed E-state index contributed by atoms with van der Waals surface area (Å²) in [5, 5.41) is 0.341. The molecule has 92 valence electrons. The van der Waals surface area contributed by atoms with Gasteiger partial charge in [0, 0.05) is 16.7 Å². The number of nitrogens with zero attached hydrogens (tertiary/aromatic N) is 1. The highest BCUT2D eigenvalue weighted by molar-refractivity contribution is 8.00. The zero-order valence-electron chi connectivity index (χ0n) is 9.83. The van der Waals surface area contributed by atoms with Crippen LogP contribution in [0.4, 0.5) is 0 Å². The lowest BCUT2D eigenvalue weighted by atomic mass is 10.1. The van der Waals surface area contributed by atoms with Gasteiger partial charge in [-0.05, 0) is 24.5 Å². The van der Waals surface area contributed by atoms with Crippen molar-refractivity contribution in [3.63, 3.8) is 0 Å². The SMILES string of the molecule is O=C1C2CC2C(=O)N1CC1Cc2ccccc2S1. The Labute approximate surface area is 110 Å². The van der Waals surface area contributed by atoms with E-state index in [2.05, 4.69) is 12.1 Å². The van der Waals surface area contributed by atoms with E-state index in [9.17, 15) is 9.59 Å². The summed E-state index contributed by atoms with van der Waals surface area (Å²) in [4.78, 5) is 26.6. The van der Waals surface area contributed by atoms with Gasteiger partial charge in [0.05, 0.1) is 11.8 Å². The number of benzene rings is 1. The van der Waals surface area contributed by atoms with Crippen molar-refractivity contribution >= 4 is 23.6 Å². The lowest BCUT2D eigenvalue weighted by molar-refractivity contribution is -0.141. The van der Waals surface area contributed by atoms with Gasteiger partial charge in [-0.3, -0.25) is 14.5 Å². The second-order valence-electron chi connectivity index (χ2n) is 5.29. The molecule has 18 heavy (non-hydrogen) atoms. The number of hydrogen-bond donors (Lipinski definition) is 0. The third kappa shape index (κ3) is 1.45. The number of carbonyl (C=O) groups excluding carboxylic acids is 2. The van der Waals surface area contributed by atoms with Crippen LogP contribution < -0.4 is 0 Å². The van der Waals surface area contributed by atoms with Crippen molar-refractivity contribution in [2.45, 2.75) is 23.0 Å². The van der Waals surface area contributed by atoms with Crippen LogP contribution in [-0.2, 0) is 16.0 Å². The smallest absolute Gasteiger partial charge is 0.233 e. The van der Waals surface area contributed by atoms with Crippen LogP contribution in [0.15, 0.2) is 29.2 Å². The third-order valence-electron chi connectivity index (χ3n) is 4.06. The van der Waals surface area contributed by atoms with Crippen LogP contribution in [0.5, 0.6) is 0 Å². The zero-order valence-corrected chi connectivity index (χ0v) is 10.7. The Hall–Kier alpha value is -1.29. The maximum atomic E-state index is 11.9. The van der Waals surface area contributed by atoms with Crippen molar-refractivity contribution in [3.05, 3.63) is 29.8 Å². The highest BCUT2D eigenvalue weighted by atomic mass is 32.2. The second-order valence-corrected chi connectivity index (χ2v) is 6.63. The number of imide groups is 1. The monoisotopic (exact) mass is 259 g/mol. The van der Waals surface area contributed by atoms with Gasteiger partial charge in [-0.15, -0.1) is 11.8 Å². The topological polar surface area (TPSA) is 37.4 Å². The summed E-state index contributed by atoms with van der Waals surface area (Å²) in [7, 11) is 0. The molecule has 1 aromatic rings. The van der Waals surface area contributed by atoms with Gasteiger partial charge >= 0.3 is 0 Å². The fraction of sp³-hybridized carbons (Fsp3) is 0.429. The molecule has 2 fully saturated rings. The first-order valence-electron chi connectivity index (χ1n) is 6.34. The summed E-state index contributed by atoms with van der Waals surface area (Å²) in [5.74, 6) is 0.209. The summed E-state index contributed by atoms with van der Waals surface area (Å²) < 4.78 is 0. The van der Waals surface area contributed by atoms with Crippen molar-refractivity contribution in [3.8, 4) is 0 Å². The first-order chi connectivity index (χ1) is 8.74. The molecule has 2 heterocycles. The van der Waals surface area contributed by atoms with E-state index in [1.807, 2.05) is 12.1 Å². The van der Waals surface area contributed by atoms with Gasteiger partial charge in [-0.1, -0.05) is 18.2 Å². The van der Waals surface area contributed by atoms with Gasteiger partial charge in [0.2, 0.25) is 11.8 Å². The minimum absolute atomic E-state index is 0.0336. The fourth-order valence-corrected chi connectivity index (χ4v) is 4.29. The standard InChI is InChI=1S/C14H13NO2S/c16-13-10-6-11(10)14(17)15(13)7-9-5-8-3-1-2-4-12(8)18-9/h1-4,9-11H,5-7H2. The van der Waals surface area contributed by atoms with Crippen LogP contribution in [0.25, 0.3) is 0 Å². The first kappa shape index (κ1) is 10.6. The van der Waals surface area contributed by atoms with E-state index < -0.39 is 0 Å². The first-order valence-corrected chi connectivity index (χ1v) is 7.22. The number of fused-ring (bicyclic) bond motifs is 2. The van der Waals surface area contributed by atoms with Gasteiger partial charge in [-0.2, -0.15) is 0 Å². The van der Waals surface area contributed by atoms with Crippen LogP contribution in [0.1, 0.15) is 12.0 Å². The molecule has 3 atom stereocenters. The molecule has 1 aromatic carbocycles. The third-order valence-corrected chi connectivity index (χ3v) is 5.36. The van der Waals surface area contributed by atoms with Crippen LogP contribution in [0.2, 0.25) is 0 Å². The van der Waals surface area contributed by atoms with E-state index in [0.29, 0.717) is 11.8 Å². The van der Waals surface area contributed by atoms with E-state index in [1.54, 1.807) is 11.8 Å². The molecule has 3 nitrogen and oxygen atoms in total. The van der Waals surface area contributed by atoms with E-state index in [0.717, 1.165) is 12.8 Å². The highest BCUT2D eigenvalue weighted by Gasteiger charge is 2.59. The Bertz CT molecular complexity index is 511. The lowest BCUT2D eigenvalue weighted by Gasteiger charge is -2.19. The largest absolute Gasteiger partial charge is 0.281 e. The Kier molecular flexibility index (Phi) is 2.13. The molecule has 1 saturated carbocycles. The fourth-order valence-electron chi connectivity index (χ4n) is 2.99. The predicted octanol–water partition coefficient (Wildman–Crippen LogP) is 1.71. The molecule has 2 aliphatic heterocycles. The molecule has 4 rings (SSSR count). The molecular formula is C14H13NO2S. The maximum absolute atomic E-state index is 11.9. The summed E-state index contributed by atoms with van der Waals surface area (Å²) in [6.07, 6.45) is 1.76. The summed E-state index contributed by atoms with van der Waals surface area (Å²) in [6, 6.07) is 8.33. The van der Waals surface area contributed by atoms with Gasteiger partial charge in [0.1, 0.15) is 0 Å². The normalized spacial score (nSPS) is 32.7. The molecule has 1 saturated heterocycles. The Morgan fingerprint density at radius 2 is 1.89 bits per heavy atom. The van der Waals surface area contributed by atoms with E-state index in [4.69, 9.17) is 0 Å². The number of rotatable bonds is 2. The molecular weight excluding hydrogens is 246 g/mol. The maximum Gasteiger partial charge on any atom is 0.233 e. The number of likely N-dealkylation sites (tertiary alicyclic amines) is 1. The second kappa shape index (κ2) is 3.60. The summed E-state index contributed by atoms with van der Waals surface area (Å²) >= 11 is 1.80. The lowest BCUT2D eigenvalue weighted by Crippen LogP contribution is -2.38. The molecule has 0 radical (unpaired) electrons. The van der Waals surface area contributed by atoms with Crippen LogP contribution in [0.3, 0.4) is 0 Å². The molecule has 4 heteroatoms. The molecule has 3 unspecified atom stereocenters. The number of piperidine rings is 1. The zero-order chi connectivity index (χ0) is 12.3. The molecule has 0 spiro atoms. The van der Waals surface area contributed by atoms with Gasteiger partial charge in [0.25, 0.3) is 0 Å². The Morgan fingerprint density at radius 3 is 2.61 bits per heavy atom.